The molecule has 0 bridgehead atoms. The average Bonchev–Trinajstić information content (AvgIpc) is 3.50. The lowest BCUT2D eigenvalue weighted by Gasteiger charge is -2.23. The average molecular weight is 511 g/mol. The largest absolute Gasteiger partial charge is 0.497 e. The van der Waals surface area contributed by atoms with E-state index in [9.17, 15) is 10.5 Å². The summed E-state index contributed by atoms with van der Waals surface area (Å²) < 4.78 is 10.9. The first-order chi connectivity index (χ1) is 18.9. The molecule has 1 fully saturated rings. The molecule has 192 valence electrons. The third kappa shape index (κ3) is 4.35. The van der Waals surface area contributed by atoms with Crippen molar-refractivity contribution < 1.29 is 9.47 Å². The molecule has 0 heterocycles. The lowest BCUT2D eigenvalue weighted by molar-refractivity contribution is 0.414. The Morgan fingerprint density at radius 1 is 0.641 bits per heavy atom. The van der Waals surface area contributed by atoms with E-state index in [-0.39, 0.29) is 16.7 Å². The molecular weight excluding hydrogens is 480 g/mol. The van der Waals surface area contributed by atoms with Crippen molar-refractivity contribution in [2.24, 2.45) is 11.3 Å². The summed E-state index contributed by atoms with van der Waals surface area (Å²) in [6.07, 6.45) is 2.37. The van der Waals surface area contributed by atoms with E-state index < -0.39 is 0 Å². The Labute approximate surface area is 230 Å². The fraction of sp³-hybridized carbons (Fsp3) is 0.200. The molecule has 4 aromatic carbocycles. The summed E-state index contributed by atoms with van der Waals surface area (Å²) in [5, 5.41) is 18.7. The minimum absolute atomic E-state index is 0.110. The molecule has 0 spiro atoms. The van der Waals surface area contributed by atoms with Crippen LogP contribution >= 0.6 is 0 Å². The predicted molar refractivity (Wildman–Crippen MR) is 153 cm³/mol. The van der Waals surface area contributed by atoms with Gasteiger partial charge in [-0.05, 0) is 87.7 Å². The molecular formula is C35H30N2O2. The highest BCUT2D eigenvalue weighted by atomic mass is 16.5. The molecule has 1 aliphatic rings. The van der Waals surface area contributed by atoms with Crippen molar-refractivity contribution in [2.45, 2.75) is 19.3 Å². The molecule has 1 aliphatic carbocycles. The number of methoxy groups -OCH3 is 2. The summed E-state index contributed by atoms with van der Waals surface area (Å²) >= 11 is 0. The van der Waals surface area contributed by atoms with Gasteiger partial charge in [-0.2, -0.15) is 10.5 Å². The first-order valence-corrected chi connectivity index (χ1v) is 12.9. The van der Waals surface area contributed by atoms with Crippen LogP contribution in [0.5, 0.6) is 11.5 Å². The molecule has 4 heteroatoms. The molecule has 5 rings (SSSR count). The van der Waals surface area contributed by atoms with Crippen molar-refractivity contribution in [2.75, 3.05) is 14.2 Å². The quantitative estimate of drug-likeness (QED) is 0.258. The maximum atomic E-state index is 9.35. The van der Waals surface area contributed by atoms with Crippen LogP contribution in [0.15, 0.2) is 103 Å². The third-order valence-corrected chi connectivity index (χ3v) is 8.25. The van der Waals surface area contributed by atoms with Crippen LogP contribution in [-0.4, -0.2) is 14.2 Å². The fourth-order valence-corrected chi connectivity index (χ4v) is 6.09. The molecule has 0 radical (unpaired) electrons. The van der Waals surface area contributed by atoms with E-state index in [0.717, 1.165) is 28.2 Å². The van der Waals surface area contributed by atoms with Crippen molar-refractivity contribution in [1.29, 1.82) is 10.5 Å². The molecule has 0 N–H and O–H groups in total. The van der Waals surface area contributed by atoms with Gasteiger partial charge in [0.25, 0.3) is 0 Å². The Kier molecular flexibility index (Phi) is 6.73. The second-order valence-corrected chi connectivity index (χ2v) is 10.4. The van der Waals surface area contributed by atoms with Crippen LogP contribution in [0.3, 0.4) is 0 Å². The lowest BCUT2D eigenvalue weighted by Crippen LogP contribution is -2.17. The van der Waals surface area contributed by atoms with Crippen molar-refractivity contribution >= 4 is 5.57 Å². The molecule has 39 heavy (non-hydrogen) atoms. The number of allylic oxidation sites excluding steroid dienone is 1. The topological polar surface area (TPSA) is 66.0 Å². The van der Waals surface area contributed by atoms with Crippen LogP contribution in [0.2, 0.25) is 0 Å². The van der Waals surface area contributed by atoms with E-state index in [4.69, 9.17) is 9.47 Å². The summed E-state index contributed by atoms with van der Waals surface area (Å²) in [7, 11) is 3.37. The summed E-state index contributed by atoms with van der Waals surface area (Å²) in [5.74, 6) is 1.81. The van der Waals surface area contributed by atoms with Gasteiger partial charge in [-0.15, -0.1) is 0 Å². The number of rotatable bonds is 7. The van der Waals surface area contributed by atoms with Crippen LogP contribution in [0.1, 0.15) is 47.2 Å². The highest BCUT2D eigenvalue weighted by Gasteiger charge is 2.71. The maximum Gasteiger partial charge on any atom is 0.118 e. The number of hydrogen-bond acceptors (Lipinski definition) is 4. The van der Waals surface area contributed by atoms with Crippen molar-refractivity contribution in [1.82, 2.24) is 0 Å². The van der Waals surface area contributed by atoms with E-state index in [1.807, 2.05) is 72.8 Å². The Hall–Kier alpha value is -4.80. The fourth-order valence-electron chi connectivity index (χ4n) is 6.09. The molecule has 4 aromatic rings. The summed E-state index contributed by atoms with van der Waals surface area (Å²) in [6.45, 7) is 4.63. The van der Waals surface area contributed by atoms with Crippen LogP contribution in [0, 0.1) is 34.0 Å². The van der Waals surface area contributed by atoms with Crippen LogP contribution in [0.4, 0.5) is 0 Å². The second kappa shape index (κ2) is 10.2. The Balaban J connectivity index is 1.71. The molecule has 4 nitrogen and oxygen atoms in total. The van der Waals surface area contributed by atoms with E-state index in [1.54, 1.807) is 14.2 Å². The first kappa shape index (κ1) is 25.8. The smallest absolute Gasteiger partial charge is 0.118 e. The zero-order chi connectivity index (χ0) is 27.6. The summed E-state index contributed by atoms with van der Waals surface area (Å²) in [5.41, 5.74) is 6.42. The van der Waals surface area contributed by atoms with E-state index in [1.165, 1.54) is 11.1 Å². The van der Waals surface area contributed by atoms with Crippen LogP contribution < -0.4 is 9.47 Å². The van der Waals surface area contributed by atoms with Gasteiger partial charge in [0.05, 0.1) is 37.5 Å². The van der Waals surface area contributed by atoms with Gasteiger partial charge in [0, 0.05) is 5.41 Å². The molecule has 0 amide bonds. The maximum absolute atomic E-state index is 9.35. The number of hydrogen-bond donors (Lipinski definition) is 0. The SMILES string of the molecule is COc1ccc(C2(c3ccc(OC)cc3)C(C=C(c3ccc(C#N)cc3)c3ccc(C#N)cc3)C2(C)C)cc1. The number of nitriles is 2. The van der Waals surface area contributed by atoms with Gasteiger partial charge in [0.1, 0.15) is 11.5 Å². The summed E-state index contributed by atoms with van der Waals surface area (Å²) in [6, 6.07) is 36.6. The highest BCUT2D eigenvalue weighted by Crippen LogP contribution is 2.73. The zero-order valence-electron chi connectivity index (χ0n) is 22.6. The van der Waals surface area contributed by atoms with Crippen molar-refractivity contribution in [3.63, 3.8) is 0 Å². The first-order valence-electron chi connectivity index (χ1n) is 12.9. The number of ether oxygens (including phenoxy) is 2. The monoisotopic (exact) mass is 510 g/mol. The standard InChI is InChI=1S/C35H30N2O2/c1-34(2)33(21-32(26-9-5-24(22-36)6-10-26)27-11-7-25(23-37)8-12-27)35(34,28-13-17-30(38-3)18-14-28)29-15-19-31(39-4)20-16-29/h5-21,33H,1-4H3. The molecule has 1 atom stereocenters. The van der Waals surface area contributed by atoms with Gasteiger partial charge in [-0.1, -0.05) is 68.5 Å². The van der Waals surface area contributed by atoms with Crippen LogP contribution in [-0.2, 0) is 5.41 Å². The van der Waals surface area contributed by atoms with E-state index >= 15 is 0 Å². The van der Waals surface area contributed by atoms with E-state index in [2.05, 4.69) is 56.3 Å². The zero-order valence-corrected chi connectivity index (χ0v) is 22.6. The van der Waals surface area contributed by atoms with Crippen molar-refractivity contribution in [3.8, 4) is 23.6 Å². The van der Waals surface area contributed by atoms with Gasteiger partial charge in [-0.25, -0.2) is 0 Å². The minimum Gasteiger partial charge on any atom is -0.497 e. The Morgan fingerprint density at radius 2 is 1.03 bits per heavy atom. The second-order valence-electron chi connectivity index (χ2n) is 10.4. The van der Waals surface area contributed by atoms with Crippen LogP contribution in [0.25, 0.3) is 5.57 Å². The van der Waals surface area contributed by atoms with Gasteiger partial charge in [0.2, 0.25) is 0 Å². The van der Waals surface area contributed by atoms with Crippen molar-refractivity contribution in [3.05, 3.63) is 137 Å². The molecule has 0 aliphatic heterocycles. The normalized spacial score (nSPS) is 16.3. The Morgan fingerprint density at radius 3 is 1.36 bits per heavy atom. The molecule has 1 unspecified atom stereocenters. The molecule has 1 saturated carbocycles. The van der Waals surface area contributed by atoms with Gasteiger partial charge < -0.3 is 9.47 Å². The Bertz CT molecular complexity index is 1480. The molecule has 0 saturated heterocycles. The highest BCUT2D eigenvalue weighted by molar-refractivity contribution is 5.81. The number of benzene rings is 4. The van der Waals surface area contributed by atoms with Gasteiger partial charge in [0.15, 0.2) is 0 Å². The third-order valence-electron chi connectivity index (χ3n) is 8.25. The van der Waals surface area contributed by atoms with E-state index in [0.29, 0.717) is 11.1 Å². The lowest BCUT2D eigenvalue weighted by atomic mass is 9.81. The minimum atomic E-state index is -0.282. The molecule has 0 aromatic heterocycles. The predicted octanol–water partition coefficient (Wildman–Crippen LogP) is 7.52. The number of nitrogens with zero attached hydrogens (tertiary/aromatic N) is 2. The van der Waals surface area contributed by atoms with Gasteiger partial charge in [-0.3, -0.25) is 0 Å². The summed E-state index contributed by atoms with van der Waals surface area (Å²) in [4.78, 5) is 0. The van der Waals surface area contributed by atoms with Gasteiger partial charge >= 0.3 is 0 Å².